The number of rotatable bonds is 15. The second-order valence-electron chi connectivity index (χ2n) is 9.23. The Hall–Kier alpha value is -5.50. The Bertz CT molecular complexity index is 1710. The van der Waals surface area contributed by atoms with Gasteiger partial charge in [-0.3, -0.25) is 13.9 Å². The number of carbonyl (C=O) groups is 2. The number of carbonyl (C=O) groups excluding carboxylic acids is 2. The largest absolute Gasteiger partial charge is 0.497 e. The molecule has 0 atom stereocenters. The standard InChI is InChI=1S/C31H32N4O9S/c1-40-24-12-8-23(9-13-24)35(45(38,39)27-14-15-28(41-2)29(17-27)42-3)20-30(36)34-33-18-22-6-10-25(11-7-22)44-21-31(37)32-19-26-5-4-16-43-26/h4-18H,19-21H2,1-3H3,(H,32,37)(H,34,36)/b33-18+. The van der Waals surface area contributed by atoms with Crippen LogP contribution in [0.15, 0.2) is 99.5 Å². The highest BCUT2D eigenvalue weighted by atomic mass is 32.2. The minimum absolute atomic E-state index is 0.107. The number of sulfonamides is 1. The van der Waals surface area contributed by atoms with E-state index in [1.165, 1.54) is 64.1 Å². The van der Waals surface area contributed by atoms with Crippen molar-refractivity contribution in [2.75, 3.05) is 38.8 Å². The van der Waals surface area contributed by atoms with Gasteiger partial charge in [-0.25, -0.2) is 13.8 Å². The van der Waals surface area contributed by atoms with E-state index in [1.54, 1.807) is 48.5 Å². The van der Waals surface area contributed by atoms with Crippen molar-refractivity contribution in [2.45, 2.75) is 11.4 Å². The quantitative estimate of drug-likeness (QED) is 0.147. The maximum atomic E-state index is 13.7. The minimum atomic E-state index is -4.24. The van der Waals surface area contributed by atoms with Gasteiger partial charge in [0.15, 0.2) is 18.1 Å². The number of amides is 2. The molecule has 4 rings (SSSR count). The smallest absolute Gasteiger partial charge is 0.264 e. The number of anilines is 1. The first-order valence-electron chi connectivity index (χ1n) is 13.5. The lowest BCUT2D eigenvalue weighted by atomic mass is 10.2. The fraction of sp³-hybridized carbons (Fsp3) is 0.194. The number of hydrogen-bond donors (Lipinski definition) is 2. The van der Waals surface area contributed by atoms with Crippen molar-refractivity contribution in [3.05, 3.63) is 96.4 Å². The molecule has 2 amide bonds. The highest BCUT2D eigenvalue weighted by molar-refractivity contribution is 7.92. The number of methoxy groups -OCH3 is 3. The van der Waals surface area contributed by atoms with Crippen molar-refractivity contribution >= 4 is 33.7 Å². The summed E-state index contributed by atoms with van der Waals surface area (Å²) in [6.07, 6.45) is 2.91. The van der Waals surface area contributed by atoms with Crippen LogP contribution in [0, 0.1) is 0 Å². The first-order valence-corrected chi connectivity index (χ1v) is 14.9. The Kier molecular flexibility index (Phi) is 11.0. The van der Waals surface area contributed by atoms with Crippen molar-refractivity contribution in [1.82, 2.24) is 10.7 Å². The van der Waals surface area contributed by atoms with E-state index in [2.05, 4.69) is 15.8 Å². The molecule has 45 heavy (non-hydrogen) atoms. The zero-order chi connectivity index (χ0) is 32.2. The molecule has 1 heterocycles. The molecule has 0 aliphatic carbocycles. The summed E-state index contributed by atoms with van der Waals surface area (Å²) in [5.74, 6) is 1.17. The first-order chi connectivity index (χ1) is 21.7. The molecule has 0 aliphatic rings. The van der Waals surface area contributed by atoms with Crippen LogP contribution in [0.3, 0.4) is 0 Å². The summed E-state index contributed by atoms with van der Waals surface area (Å²) >= 11 is 0. The highest BCUT2D eigenvalue weighted by Crippen LogP contribution is 2.32. The number of nitrogens with zero attached hydrogens (tertiary/aromatic N) is 2. The molecule has 0 fully saturated rings. The van der Waals surface area contributed by atoms with Crippen LogP contribution < -0.4 is 34.0 Å². The molecule has 13 nitrogen and oxygen atoms in total. The van der Waals surface area contributed by atoms with Gasteiger partial charge in [-0.05, 0) is 78.4 Å². The minimum Gasteiger partial charge on any atom is -0.497 e. The van der Waals surface area contributed by atoms with Gasteiger partial charge in [-0.15, -0.1) is 0 Å². The molecule has 0 spiro atoms. The monoisotopic (exact) mass is 636 g/mol. The lowest BCUT2D eigenvalue weighted by Gasteiger charge is -2.24. The van der Waals surface area contributed by atoms with E-state index < -0.39 is 22.5 Å². The van der Waals surface area contributed by atoms with Gasteiger partial charge in [0, 0.05) is 6.07 Å². The topological polar surface area (TPSA) is 158 Å². The zero-order valence-corrected chi connectivity index (χ0v) is 25.6. The van der Waals surface area contributed by atoms with Crippen LogP contribution in [0.4, 0.5) is 5.69 Å². The molecule has 4 aromatic rings. The van der Waals surface area contributed by atoms with Crippen molar-refractivity contribution in [3.63, 3.8) is 0 Å². The zero-order valence-electron chi connectivity index (χ0n) is 24.8. The molecule has 0 saturated heterocycles. The second-order valence-corrected chi connectivity index (χ2v) is 11.1. The number of furan rings is 1. The lowest BCUT2D eigenvalue weighted by molar-refractivity contribution is -0.123. The molecule has 0 saturated carbocycles. The highest BCUT2D eigenvalue weighted by Gasteiger charge is 2.28. The predicted molar refractivity (Wildman–Crippen MR) is 165 cm³/mol. The lowest BCUT2D eigenvalue weighted by Crippen LogP contribution is -2.39. The maximum Gasteiger partial charge on any atom is 0.264 e. The normalized spacial score (nSPS) is 11.1. The summed E-state index contributed by atoms with van der Waals surface area (Å²) < 4.78 is 54.8. The fourth-order valence-corrected chi connectivity index (χ4v) is 5.40. The Morgan fingerprint density at radius 2 is 1.58 bits per heavy atom. The van der Waals surface area contributed by atoms with Gasteiger partial charge in [0.1, 0.15) is 23.8 Å². The number of hydrogen-bond acceptors (Lipinski definition) is 10. The Morgan fingerprint density at radius 3 is 2.22 bits per heavy atom. The molecular weight excluding hydrogens is 604 g/mol. The van der Waals surface area contributed by atoms with Crippen LogP contribution in [-0.2, 0) is 26.2 Å². The van der Waals surface area contributed by atoms with Crippen LogP contribution in [0.25, 0.3) is 0 Å². The average molecular weight is 637 g/mol. The Labute approximate surface area is 260 Å². The Morgan fingerprint density at radius 1 is 0.867 bits per heavy atom. The summed E-state index contributed by atoms with van der Waals surface area (Å²) in [7, 11) is 0.0850. The van der Waals surface area contributed by atoms with E-state index in [-0.39, 0.29) is 35.4 Å². The van der Waals surface area contributed by atoms with Crippen molar-refractivity contribution in [1.29, 1.82) is 0 Å². The van der Waals surface area contributed by atoms with Crippen LogP contribution >= 0.6 is 0 Å². The molecule has 2 N–H and O–H groups in total. The van der Waals surface area contributed by atoms with Crippen molar-refractivity contribution < 1.29 is 41.4 Å². The maximum absolute atomic E-state index is 13.7. The van der Waals surface area contributed by atoms with Crippen LogP contribution in [0.2, 0.25) is 0 Å². The van der Waals surface area contributed by atoms with Gasteiger partial charge in [-0.1, -0.05) is 0 Å². The molecule has 1 aromatic heterocycles. The summed E-state index contributed by atoms with van der Waals surface area (Å²) in [6, 6.07) is 20.5. The van der Waals surface area contributed by atoms with Crippen LogP contribution in [0.5, 0.6) is 23.0 Å². The summed E-state index contributed by atoms with van der Waals surface area (Å²) in [4.78, 5) is 24.8. The van der Waals surface area contributed by atoms with Gasteiger partial charge < -0.3 is 28.7 Å². The van der Waals surface area contributed by atoms with Crippen molar-refractivity contribution in [2.24, 2.45) is 5.10 Å². The third-order valence-electron chi connectivity index (χ3n) is 6.28. The molecule has 0 bridgehead atoms. The van der Waals surface area contributed by atoms with E-state index in [1.807, 2.05) is 0 Å². The first kappa shape index (κ1) is 32.4. The van der Waals surface area contributed by atoms with Gasteiger partial charge in [0.25, 0.3) is 21.8 Å². The van der Waals surface area contributed by atoms with E-state index in [9.17, 15) is 18.0 Å². The van der Waals surface area contributed by atoms with Crippen LogP contribution in [-0.4, -0.2) is 60.9 Å². The molecule has 3 aromatic carbocycles. The van der Waals surface area contributed by atoms with Gasteiger partial charge in [-0.2, -0.15) is 5.10 Å². The van der Waals surface area contributed by atoms with E-state index in [0.29, 0.717) is 28.6 Å². The molecule has 0 radical (unpaired) electrons. The molecule has 14 heteroatoms. The van der Waals surface area contributed by atoms with E-state index in [0.717, 1.165) is 4.31 Å². The third-order valence-corrected chi connectivity index (χ3v) is 8.05. The number of hydrazone groups is 1. The van der Waals surface area contributed by atoms with Crippen molar-refractivity contribution in [3.8, 4) is 23.0 Å². The van der Waals surface area contributed by atoms with Gasteiger partial charge in [0.2, 0.25) is 0 Å². The summed E-state index contributed by atoms with van der Waals surface area (Å²) in [5.41, 5.74) is 3.21. The Balaban J connectivity index is 1.39. The molecular formula is C31H32N4O9S. The molecule has 236 valence electrons. The van der Waals surface area contributed by atoms with Gasteiger partial charge >= 0.3 is 0 Å². The van der Waals surface area contributed by atoms with E-state index in [4.69, 9.17) is 23.4 Å². The second kappa shape index (κ2) is 15.3. The fourth-order valence-electron chi connectivity index (χ4n) is 3.96. The number of benzene rings is 3. The third kappa shape index (κ3) is 8.76. The average Bonchev–Trinajstić information content (AvgIpc) is 3.59. The van der Waals surface area contributed by atoms with Gasteiger partial charge in [0.05, 0.1) is 50.9 Å². The SMILES string of the molecule is COc1ccc(N(CC(=O)N/N=C/c2ccc(OCC(=O)NCc3ccco3)cc2)S(=O)(=O)c2ccc(OC)c(OC)c2)cc1. The summed E-state index contributed by atoms with van der Waals surface area (Å²) in [5, 5.41) is 6.64. The number of nitrogens with one attached hydrogen (secondary N) is 2. The molecule has 0 unspecified atom stereocenters. The number of ether oxygens (including phenoxy) is 4. The summed E-state index contributed by atoms with van der Waals surface area (Å²) in [6.45, 7) is -0.493. The molecule has 0 aliphatic heterocycles. The van der Waals surface area contributed by atoms with Crippen LogP contribution in [0.1, 0.15) is 11.3 Å². The van der Waals surface area contributed by atoms with E-state index >= 15 is 0 Å². The predicted octanol–water partition coefficient (Wildman–Crippen LogP) is 3.35.